The van der Waals surface area contributed by atoms with Crippen molar-refractivity contribution in [3.8, 4) is 11.5 Å². The first-order chi connectivity index (χ1) is 12.2. The minimum Gasteiger partial charge on any atom is -0.508 e. The molecule has 1 atom stereocenters. The maximum absolute atomic E-state index is 10.4. The van der Waals surface area contributed by atoms with Crippen LogP contribution in [0.5, 0.6) is 11.5 Å². The summed E-state index contributed by atoms with van der Waals surface area (Å²) in [6.07, 6.45) is 4.39. The normalized spacial score (nSPS) is 22.7. The minimum absolute atomic E-state index is 0.0618. The topological polar surface area (TPSA) is 58.9 Å². The standard InChI is InChI=1S/C22H28O4/c1-6-19-17(9-10-22(4,5)26-19)21-13(2)11-15(12-25-21)16-7-8-18(23)14(3)20(16)24/h6-8,15,23-24H,1,9-12H2,2-5H3. The number of hydrogen-bond donors (Lipinski definition) is 2. The van der Waals surface area contributed by atoms with E-state index in [4.69, 9.17) is 9.47 Å². The van der Waals surface area contributed by atoms with Gasteiger partial charge in [-0.25, -0.2) is 0 Å². The van der Waals surface area contributed by atoms with Crippen LogP contribution in [0.3, 0.4) is 0 Å². The summed E-state index contributed by atoms with van der Waals surface area (Å²) in [4.78, 5) is 0. The summed E-state index contributed by atoms with van der Waals surface area (Å²) in [5.74, 6) is 2.04. The molecule has 2 N–H and O–H groups in total. The monoisotopic (exact) mass is 356 g/mol. The van der Waals surface area contributed by atoms with Gasteiger partial charge in [-0.15, -0.1) is 0 Å². The van der Waals surface area contributed by atoms with Crippen molar-refractivity contribution in [1.29, 1.82) is 0 Å². The van der Waals surface area contributed by atoms with E-state index < -0.39 is 0 Å². The van der Waals surface area contributed by atoms with Gasteiger partial charge >= 0.3 is 0 Å². The number of hydrogen-bond acceptors (Lipinski definition) is 4. The summed E-state index contributed by atoms with van der Waals surface area (Å²) >= 11 is 0. The SMILES string of the molecule is C=CC1=C(C2=C(C)CC(c3ccc(O)c(C)c3O)CO2)CCC(C)(C)O1. The van der Waals surface area contributed by atoms with E-state index in [2.05, 4.69) is 27.4 Å². The van der Waals surface area contributed by atoms with Crippen LogP contribution < -0.4 is 0 Å². The molecule has 0 bridgehead atoms. The molecule has 1 unspecified atom stereocenters. The third-order valence-corrected chi connectivity index (χ3v) is 5.36. The lowest BCUT2D eigenvalue weighted by molar-refractivity contribution is 0.0174. The molecular formula is C22H28O4. The van der Waals surface area contributed by atoms with Crippen LogP contribution in [0, 0.1) is 6.92 Å². The fraction of sp³-hybridized carbons (Fsp3) is 0.455. The van der Waals surface area contributed by atoms with E-state index >= 15 is 0 Å². The van der Waals surface area contributed by atoms with Gasteiger partial charge in [0.2, 0.25) is 0 Å². The van der Waals surface area contributed by atoms with Gasteiger partial charge in [-0.1, -0.05) is 12.6 Å². The number of ether oxygens (including phenoxy) is 2. The molecule has 2 aliphatic heterocycles. The van der Waals surface area contributed by atoms with Gasteiger partial charge in [0.15, 0.2) is 0 Å². The zero-order valence-electron chi connectivity index (χ0n) is 16.1. The van der Waals surface area contributed by atoms with Gasteiger partial charge in [-0.05, 0) is 64.7 Å². The highest BCUT2D eigenvalue weighted by atomic mass is 16.5. The molecule has 3 rings (SSSR count). The second kappa shape index (κ2) is 6.75. The molecular weight excluding hydrogens is 328 g/mol. The zero-order chi connectivity index (χ0) is 19.1. The summed E-state index contributed by atoms with van der Waals surface area (Å²) in [6.45, 7) is 12.3. The largest absolute Gasteiger partial charge is 0.508 e. The van der Waals surface area contributed by atoms with Crippen molar-refractivity contribution >= 4 is 0 Å². The number of phenolic OH excluding ortho intramolecular Hbond substituents is 2. The fourth-order valence-corrected chi connectivity index (χ4v) is 3.76. The van der Waals surface area contributed by atoms with Crippen LogP contribution in [0.2, 0.25) is 0 Å². The Kier molecular flexibility index (Phi) is 4.78. The lowest BCUT2D eigenvalue weighted by Crippen LogP contribution is -2.29. The smallest absolute Gasteiger partial charge is 0.126 e. The molecule has 26 heavy (non-hydrogen) atoms. The third kappa shape index (κ3) is 3.33. The molecule has 0 saturated carbocycles. The van der Waals surface area contributed by atoms with Gasteiger partial charge < -0.3 is 19.7 Å². The van der Waals surface area contributed by atoms with Gasteiger partial charge in [-0.2, -0.15) is 0 Å². The number of phenols is 2. The molecule has 2 aliphatic rings. The highest BCUT2D eigenvalue weighted by Crippen LogP contribution is 2.43. The zero-order valence-corrected chi connectivity index (χ0v) is 16.1. The van der Waals surface area contributed by atoms with E-state index in [0.717, 1.165) is 47.5 Å². The first-order valence-electron chi connectivity index (χ1n) is 9.12. The Morgan fingerprint density at radius 2 is 1.96 bits per heavy atom. The highest BCUT2D eigenvalue weighted by molar-refractivity contribution is 5.50. The molecule has 4 heteroatoms. The van der Waals surface area contributed by atoms with Gasteiger partial charge in [0, 0.05) is 22.6 Å². The summed E-state index contributed by atoms with van der Waals surface area (Å²) in [5, 5.41) is 20.2. The Labute approximate surface area is 155 Å². The predicted octanol–water partition coefficient (Wildman–Crippen LogP) is 5.21. The maximum atomic E-state index is 10.4. The third-order valence-electron chi connectivity index (χ3n) is 5.36. The van der Waals surface area contributed by atoms with E-state index in [1.54, 1.807) is 25.1 Å². The average molecular weight is 356 g/mol. The van der Waals surface area contributed by atoms with Crippen LogP contribution in [-0.4, -0.2) is 22.4 Å². The van der Waals surface area contributed by atoms with Crippen LogP contribution in [0.4, 0.5) is 0 Å². The summed E-state index contributed by atoms with van der Waals surface area (Å²) in [5.41, 5.74) is 3.37. The summed E-state index contributed by atoms with van der Waals surface area (Å²) in [6, 6.07) is 3.42. The Hall–Kier alpha value is -2.36. The molecule has 2 heterocycles. The summed E-state index contributed by atoms with van der Waals surface area (Å²) < 4.78 is 12.2. The average Bonchev–Trinajstić information content (AvgIpc) is 2.59. The van der Waals surface area contributed by atoms with Crippen molar-refractivity contribution in [2.75, 3.05) is 6.61 Å². The van der Waals surface area contributed by atoms with Gasteiger partial charge in [0.25, 0.3) is 0 Å². The molecule has 0 aromatic heterocycles. The Morgan fingerprint density at radius 1 is 1.23 bits per heavy atom. The van der Waals surface area contributed by atoms with Crippen molar-refractivity contribution in [3.05, 3.63) is 58.6 Å². The van der Waals surface area contributed by atoms with Gasteiger partial charge in [0.1, 0.15) is 28.6 Å². The van der Waals surface area contributed by atoms with Gasteiger partial charge in [-0.3, -0.25) is 0 Å². The number of aromatic hydroxyl groups is 2. The molecule has 0 fully saturated rings. The van der Waals surface area contributed by atoms with E-state index in [-0.39, 0.29) is 23.0 Å². The second-order valence-electron chi connectivity index (χ2n) is 7.88. The molecule has 0 aliphatic carbocycles. The Bertz CT molecular complexity index is 799. The highest BCUT2D eigenvalue weighted by Gasteiger charge is 2.32. The van der Waals surface area contributed by atoms with Gasteiger partial charge in [0.05, 0.1) is 6.61 Å². The fourth-order valence-electron chi connectivity index (χ4n) is 3.76. The molecule has 0 amide bonds. The van der Waals surface area contributed by atoms with Crippen molar-refractivity contribution < 1.29 is 19.7 Å². The first kappa shape index (κ1) is 18.4. The maximum Gasteiger partial charge on any atom is 0.126 e. The van der Waals surface area contributed by atoms with Crippen LogP contribution in [0.15, 0.2) is 47.5 Å². The second-order valence-corrected chi connectivity index (χ2v) is 7.88. The lowest BCUT2D eigenvalue weighted by Gasteiger charge is -2.36. The number of allylic oxidation sites excluding steroid dienone is 3. The Morgan fingerprint density at radius 3 is 2.62 bits per heavy atom. The Balaban J connectivity index is 1.90. The number of rotatable bonds is 3. The van der Waals surface area contributed by atoms with Crippen LogP contribution in [-0.2, 0) is 9.47 Å². The van der Waals surface area contributed by atoms with Crippen molar-refractivity contribution in [2.24, 2.45) is 0 Å². The van der Waals surface area contributed by atoms with E-state index in [9.17, 15) is 10.2 Å². The quantitative estimate of drug-likeness (QED) is 0.780. The molecule has 0 spiro atoms. The number of benzene rings is 1. The molecule has 1 aromatic rings. The first-order valence-corrected chi connectivity index (χ1v) is 9.12. The minimum atomic E-state index is -0.186. The van der Waals surface area contributed by atoms with Crippen LogP contribution in [0.25, 0.3) is 0 Å². The predicted molar refractivity (Wildman–Crippen MR) is 102 cm³/mol. The van der Waals surface area contributed by atoms with E-state index in [1.807, 2.05) is 0 Å². The van der Waals surface area contributed by atoms with Crippen molar-refractivity contribution in [2.45, 2.75) is 58.5 Å². The van der Waals surface area contributed by atoms with E-state index in [0.29, 0.717) is 12.2 Å². The molecule has 0 saturated heterocycles. The molecule has 140 valence electrons. The van der Waals surface area contributed by atoms with Crippen molar-refractivity contribution in [3.63, 3.8) is 0 Å². The van der Waals surface area contributed by atoms with Crippen LogP contribution >= 0.6 is 0 Å². The molecule has 4 nitrogen and oxygen atoms in total. The van der Waals surface area contributed by atoms with Crippen LogP contribution in [0.1, 0.15) is 57.1 Å². The van der Waals surface area contributed by atoms with E-state index in [1.165, 1.54) is 0 Å². The molecule has 0 radical (unpaired) electrons. The lowest BCUT2D eigenvalue weighted by atomic mass is 9.86. The van der Waals surface area contributed by atoms with Crippen molar-refractivity contribution in [1.82, 2.24) is 0 Å². The molecule has 1 aromatic carbocycles. The summed E-state index contributed by atoms with van der Waals surface area (Å²) in [7, 11) is 0.